The third-order valence-electron chi connectivity index (χ3n) is 3.26. The Morgan fingerprint density at radius 1 is 1.36 bits per heavy atom. The van der Waals surface area contributed by atoms with E-state index in [1.807, 2.05) is 6.07 Å². The molecule has 0 bridgehead atoms. The van der Waals surface area contributed by atoms with Crippen LogP contribution in [0.3, 0.4) is 0 Å². The van der Waals surface area contributed by atoms with Crippen LogP contribution in [0.5, 0.6) is 0 Å². The van der Waals surface area contributed by atoms with Gasteiger partial charge in [-0.25, -0.2) is 0 Å². The Labute approximate surface area is 143 Å². The molecule has 1 atom stereocenters. The number of nitrogens with zero attached hydrogens (tertiary/aromatic N) is 1. The van der Waals surface area contributed by atoms with Crippen LogP contribution in [0.4, 0.5) is 5.69 Å². The predicted molar refractivity (Wildman–Crippen MR) is 90.2 cm³/mol. The Bertz CT molecular complexity index is 571. The quantitative estimate of drug-likeness (QED) is 0.813. The van der Waals surface area contributed by atoms with Crippen LogP contribution in [-0.4, -0.2) is 47.6 Å². The van der Waals surface area contributed by atoms with Crippen molar-refractivity contribution in [2.45, 2.75) is 12.5 Å². The van der Waals surface area contributed by atoms with E-state index >= 15 is 0 Å². The normalized spacial score (nSPS) is 17.5. The van der Waals surface area contributed by atoms with Crippen LogP contribution in [0.2, 0.25) is 10.0 Å². The smallest absolute Gasteiger partial charge is 0.313 e. The highest BCUT2D eigenvalue weighted by Gasteiger charge is 2.25. The van der Waals surface area contributed by atoms with Gasteiger partial charge in [-0.05, 0) is 24.6 Å². The van der Waals surface area contributed by atoms with Crippen molar-refractivity contribution in [2.24, 2.45) is 0 Å². The highest BCUT2D eigenvalue weighted by Crippen LogP contribution is 2.31. The second-order valence-electron chi connectivity index (χ2n) is 4.98. The fourth-order valence-corrected chi connectivity index (χ4v) is 3.41. The van der Waals surface area contributed by atoms with Gasteiger partial charge in [-0.2, -0.15) is 0 Å². The summed E-state index contributed by atoms with van der Waals surface area (Å²) in [6, 6.07) is 5.41. The van der Waals surface area contributed by atoms with Crippen molar-refractivity contribution in [3.05, 3.63) is 28.2 Å². The van der Waals surface area contributed by atoms with Crippen molar-refractivity contribution in [1.82, 2.24) is 5.32 Å². The van der Waals surface area contributed by atoms with Gasteiger partial charge in [0.15, 0.2) is 0 Å². The van der Waals surface area contributed by atoms with Crippen LogP contribution in [0.25, 0.3) is 0 Å². The van der Waals surface area contributed by atoms with E-state index in [9.17, 15) is 9.59 Å². The molecule has 0 aliphatic carbocycles. The Kier molecular flexibility index (Phi) is 6.23. The van der Waals surface area contributed by atoms with Crippen LogP contribution in [0.1, 0.15) is 6.42 Å². The minimum atomic E-state index is -0.915. The van der Waals surface area contributed by atoms with Crippen molar-refractivity contribution in [2.75, 3.05) is 29.5 Å². The molecule has 1 aromatic rings. The van der Waals surface area contributed by atoms with E-state index in [1.54, 1.807) is 12.1 Å². The molecule has 8 heteroatoms. The zero-order valence-corrected chi connectivity index (χ0v) is 14.0. The Hall–Kier alpha value is -1.11. The average molecular weight is 363 g/mol. The zero-order chi connectivity index (χ0) is 16.1. The Balaban J connectivity index is 1.82. The first-order valence-corrected chi connectivity index (χ1v) is 8.65. The molecule has 1 aliphatic rings. The van der Waals surface area contributed by atoms with Gasteiger partial charge in [0.25, 0.3) is 0 Å². The lowest BCUT2D eigenvalue weighted by Gasteiger charge is -2.20. The van der Waals surface area contributed by atoms with Gasteiger partial charge in [0.2, 0.25) is 5.91 Å². The maximum atomic E-state index is 11.7. The number of aliphatic carboxylic acids is 1. The number of halogens is 2. The molecule has 120 valence electrons. The van der Waals surface area contributed by atoms with Gasteiger partial charge in [0.1, 0.15) is 0 Å². The number of hydrogen-bond acceptors (Lipinski definition) is 4. The summed E-state index contributed by atoms with van der Waals surface area (Å²) < 4.78 is 0. The fraction of sp³-hybridized carbons (Fsp3) is 0.429. The van der Waals surface area contributed by atoms with Crippen molar-refractivity contribution in [1.29, 1.82) is 0 Å². The molecule has 1 amide bonds. The maximum Gasteiger partial charge on any atom is 0.313 e. The van der Waals surface area contributed by atoms with Crippen LogP contribution in [0.15, 0.2) is 18.2 Å². The molecule has 0 spiro atoms. The minimum Gasteiger partial charge on any atom is -0.481 e. The summed E-state index contributed by atoms with van der Waals surface area (Å²) in [5.41, 5.74) is 0.906. The molecule has 1 fully saturated rings. The standard InChI is InChI=1S/C14H16Cl2N2O3S/c15-9-1-2-12(11(16)5-9)18-4-3-10(6-18)17-13(19)7-22-8-14(20)21/h1-2,5,10H,3-4,6-8H2,(H,17,19)(H,20,21). The summed E-state index contributed by atoms with van der Waals surface area (Å²) in [5.74, 6) is -0.961. The van der Waals surface area contributed by atoms with Crippen LogP contribution in [0, 0.1) is 0 Å². The molecule has 1 aliphatic heterocycles. The van der Waals surface area contributed by atoms with E-state index in [1.165, 1.54) is 0 Å². The average Bonchev–Trinajstić information content (AvgIpc) is 2.86. The van der Waals surface area contributed by atoms with Gasteiger partial charge in [0.05, 0.1) is 22.2 Å². The van der Waals surface area contributed by atoms with Crippen LogP contribution >= 0.6 is 35.0 Å². The van der Waals surface area contributed by atoms with Crippen molar-refractivity contribution >= 4 is 52.5 Å². The molecular weight excluding hydrogens is 347 g/mol. The lowest BCUT2D eigenvalue weighted by molar-refractivity contribution is -0.133. The van der Waals surface area contributed by atoms with Crippen molar-refractivity contribution in [3.63, 3.8) is 0 Å². The summed E-state index contributed by atoms with van der Waals surface area (Å²) in [7, 11) is 0. The SMILES string of the molecule is O=C(O)CSCC(=O)NC1CCN(c2ccc(Cl)cc2Cl)C1. The molecule has 2 rings (SSSR count). The van der Waals surface area contributed by atoms with E-state index in [0.29, 0.717) is 16.6 Å². The predicted octanol–water partition coefficient (Wildman–Crippen LogP) is 2.51. The van der Waals surface area contributed by atoms with E-state index in [4.69, 9.17) is 28.3 Å². The second kappa shape index (κ2) is 7.94. The number of amides is 1. The van der Waals surface area contributed by atoms with Gasteiger partial charge in [-0.15, -0.1) is 11.8 Å². The Morgan fingerprint density at radius 3 is 2.82 bits per heavy atom. The van der Waals surface area contributed by atoms with Gasteiger partial charge >= 0.3 is 5.97 Å². The van der Waals surface area contributed by atoms with Crippen LogP contribution < -0.4 is 10.2 Å². The fourth-order valence-electron chi connectivity index (χ4n) is 2.33. The monoisotopic (exact) mass is 362 g/mol. The summed E-state index contributed by atoms with van der Waals surface area (Å²) in [5, 5.41) is 12.6. The molecule has 0 aromatic heterocycles. The maximum absolute atomic E-state index is 11.7. The summed E-state index contributed by atoms with van der Waals surface area (Å²) in [4.78, 5) is 24.3. The third-order valence-corrected chi connectivity index (χ3v) is 4.72. The highest BCUT2D eigenvalue weighted by molar-refractivity contribution is 8.00. The third kappa shape index (κ3) is 4.97. The van der Waals surface area contributed by atoms with E-state index in [0.717, 1.165) is 30.4 Å². The van der Waals surface area contributed by atoms with Crippen LogP contribution in [-0.2, 0) is 9.59 Å². The Morgan fingerprint density at radius 2 is 2.14 bits per heavy atom. The lowest BCUT2D eigenvalue weighted by atomic mass is 10.2. The first-order valence-electron chi connectivity index (χ1n) is 6.74. The number of carbonyl (C=O) groups excluding carboxylic acids is 1. The number of hydrogen-bond donors (Lipinski definition) is 2. The number of carbonyl (C=O) groups is 2. The lowest BCUT2D eigenvalue weighted by Crippen LogP contribution is -2.38. The van der Waals surface area contributed by atoms with Gasteiger partial charge in [-0.3, -0.25) is 9.59 Å². The number of carboxylic acid groups (broad SMARTS) is 1. The molecule has 1 unspecified atom stereocenters. The van der Waals surface area contributed by atoms with Crippen molar-refractivity contribution in [3.8, 4) is 0 Å². The molecule has 1 aromatic carbocycles. The number of rotatable bonds is 6. The second-order valence-corrected chi connectivity index (χ2v) is 6.81. The van der Waals surface area contributed by atoms with Gasteiger partial charge in [0, 0.05) is 24.2 Å². The molecule has 2 N–H and O–H groups in total. The number of thioether (sulfide) groups is 1. The molecular formula is C14H16Cl2N2O3S. The minimum absolute atomic E-state index is 0.0460. The van der Waals surface area contributed by atoms with Gasteiger partial charge in [-0.1, -0.05) is 23.2 Å². The van der Waals surface area contributed by atoms with Gasteiger partial charge < -0.3 is 15.3 Å². The zero-order valence-electron chi connectivity index (χ0n) is 11.7. The highest BCUT2D eigenvalue weighted by atomic mass is 35.5. The molecule has 22 heavy (non-hydrogen) atoms. The van der Waals surface area contributed by atoms with Crippen molar-refractivity contribution < 1.29 is 14.7 Å². The molecule has 0 radical (unpaired) electrons. The molecule has 5 nitrogen and oxygen atoms in total. The first-order chi connectivity index (χ1) is 10.5. The van der Waals surface area contributed by atoms with E-state index in [-0.39, 0.29) is 23.5 Å². The largest absolute Gasteiger partial charge is 0.481 e. The molecule has 1 saturated heterocycles. The summed E-state index contributed by atoms with van der Waals surface area (Å²) >= 11 is 13.2. The first kappa shape index (κ1) is 17.2. The van der Waals surface area contributed by atoms with E-state index in [2.05, 4.69) is 10.2 Å². The topological polar surface area (TPSA) is 69.6 Å². The number of carboxylic acids is 1. The molecule has 0 saturated carbocycles. The summed E-state index contributed by atoms with van der Waals surface area (Å²) in [6.07, 6.45) is 0.828. The number of nitrogens with one attached hydrogen (secondary N) is 1. The summed E-state index contributed by atoms with van der Waals surface area (Å²) in [6.45, 7) is 1.48. The number of anilines is 1. The van der Waals surface area contributed by atoms with E-state index < -0.39 is 5.97 Å². The molecule has 1 heterocycles. The number of benzene rings is 1.